The van der Waals surface area contributed by atoms with Crippen LogP contribution in [-0.2, 0) is 13.0 Å². The number of benzene rings is 3. The Balaban J connectivity index is 1.38. The maximum atomic E-state index is 13.3. The Bertz CT molecular complexity index is 1250. The third-order valence-electron chi connectivity index (χ3n) is 5.69. The zero-order valence-electron chi connectivity index (χ0n) is 16.8. The number of para-hydroxylation sites is 1. The topological polar surface area (TPSA) is 42.4 Å². The fourth-order valence-electron chi connectivity index (χ4n) is 4.13. The first-order valence-electron chi connectivity index (χ1n) is 10.1. The molecule has 0 radical (unpaired) electrons. The summed E-state index contributed by atoms with van der Waals surface area (Å²) in [4.78, 5) is 19.9. The number of rotatable bonds is 5. The molecule has 4 heteroatoms. The SMILES string of the molecule is COc1cccc(-c2cccc3c2C(=O)N(CCc2ccc4ccccc4n2)C3)c1. The van der Waals surface area contributed by atoms with Crippen LogP contribution in [0.25, 0.3) is 22.0 Å². The zero-order valence-corrected chi connectivity index (χ0v) is 16.8. The van der Waals surface area contributed by atoms with E-state index in [4.69, 9.17) is 9.72 Å². The molecule has 0 unspecified atom stereocenters. The average Bonchev–Trinajstić information content (AvgIpc) is 3.13. The Morgan fingerprint density at radius 1 is 0.967 bits per heavy atom. The standard InChI is InChI=1S/C26H22N2O2/c1-30-22-9-4-7-19(16-22)23-10-5-8-20-17-28(26(29)25(20)23)15-14-21-13-12-18-6-2-3-11-24(18)27-21/h2-13,16H,14-15,17H2,1H3. The summed E-state index contributed by atoms with van der Waals surface area (Å²) in [5.41, 5.74) is 5.83. The number of aromatic nitrogens is 1. The molecule has 2 heterocycles. The largest absolute Gasteiger partial charge is 0.497 e. The van der Waals surface area contributed by atoms with Crippen molar-refractivity contribution in [1.82, 2.24) is 9.88 Å². The molecule has 0 fully saturated rings. The normalized spacial score (nSPS) is 13.0. The monoisotopic (exact) mass is 394 g/mol. The Morgan fingerprint density at radius 3 is 2.73 bits per heavy atom. The van der Waals surface area contributed by atoms with Gasteiger partial charge < -0.3 is 9.64 Å². The molecule has 1 amide bonds. The van der Waals surface area contributed by atoms with Crippen LogP contribution in [0.4, 0.5) is 0 Å². The quantitative estimate of drug-likeness (QED) is 0.472. The second-order valence-corrected chi connectivity index (χ2v) is 7.54. The van der Waals surface area contributed by atoms with Crippen LogP contribution in [0.15, 0.2) is 78.9 Å². The Kier molecular flexibility index (Phi) is 4.68. The first-order valence-corrected chi connectivity index (χ1v) is 10.1. The minimum Gasteiger partial charge on any atom is -0.497 e. The molecule has 0 N–H and O–H groups in total. The van der Waals surface area contributed by atoms with Crippen molar-refractivity contribution in [3.05, 3.63) is 95.7 Å². The third kappa shape index (κ3) is 3.30. The molecule has 0 spiro atoms. The third-order valence-corrected chi connectivity index (χ3v) is 5.69. The molecular weight excluding hydrogens is 372 g/mol. The van der Waals surface area contributed by atoms with Crippen LogP contribution in [-0.4, -0.2) is 29.4 Å². The maximum Gasteiger partial charge on any atom is 0.255 e. The van der Waals surface area contributed by atoms with E-state index >= 15 is 0 Å². The second-order valence-electron chi connectivity index (χ2n) is 7.54. The van der Waals surface area contributed by atoms with Crippen LogP contribution < -0.4 is 4.74 Å². The molecule has 1 aliphatic heterocycles. The maximum absolute atomic E-state index is 13.3. The predicted molar refractivity (Wildman–Crippen MR) is 119 cm³/mol. The summed E-state index contributed by atoms with van der Waals surface area (Å²) in [7, 11) is 1.66. The molecular formula is C26H22N2O2. The molecule has 148 valence electrons. The van der Waals surface area contributed by atoms with Crippen molar-refractivity contribution < 1.29 is 9.53 Å². The predicted octanol–water partition coefficient (Wildman–Crippen LogP) is 5.11. The van der Waals surface area contributed by atoms with Gasteiger partial charge in [-0.15, -0.1) is 0 Å². The van der Waals surface area contributed by atoms with Crippen LogP contribution >= 0.6 is 0 Å². The van der Waals surface area contributed by atoms with Gasteiger partial charge in [0.1, 0.15) is 5.75 Å². The number of carbonyl (C=O) groups excluding carboxylic acids is 1. The summed E-state index contributed by atoms with van der Waals surface area (Å²) in [6, 6.07) is 26.2. The van der Waals surface area contributed by atoms with Crippen molar-refractivity contribution in [2.24, 2.45) is 0 Å². The number of ether oxygens (including phenoxy) is 1. The zero-order chi connectivity index (χ0) is 20.5. The van der Waals surface area contributed by atoms with E-state index < -0.39 is 0 Å². The van der Waals surface area contributed by atoms with E-state index in [1.165, 1.54) is 0 Å². The van der Waals surface area contributed by atoms with Crippen molar-refractivity contribution in [1.29, 1.82) is 0 Å². The van der Waals surface area contributed by atoms with Gasteiger partial charge in [-0.25, -0.2) is 0 Å². The molecule has 0 atom stereocenters. The molecule has 0 bridgehead atoms. The summed E-state index contributed by atoms with van der Waals surface area (Å²) in [5, 5.41) is 1.13. The molecule has 0 aliphatic carbocycles. The van der Waals surface area contributed by atoms with E-state index in [-0.39, 0.29) is 5.91 Å². The number of hydrogen-bond acceptors (Lipinski definition) is 3. The lowest BCUT2D eigenvalue weighted by Crippen LogP contribution is -2.26. The molecule has 1 aromatic heterocycles. The van der Waals surface area contributed by atoms with Gasteiger partial charge >= 0.3 is 0 Å². The van der Waals surface area contributed by atoms with Gasteiger partial charge in [-0.1, -0.05) is 54.6 Å². The van der Waals surface area contributed by atoms with Crippen molar-refractivity contribution in [3.8, 4) is 16.9 Å². The van der Waals surface area contributed by atoms with E-state index in [0.717, 1.165) is 51.0 Å². The molecule has 5 rings (SSSR count). The summed E-state index contributed by atoms with van der Waals surface area (Å²) >= 11 is 0. The number of nitrogens with zero attached hydrogens (tertiary/aromatic N) is 2. The first kappa shape index (κ1) is 18.4. The lowest BCUT2D eigenvalue weighted by Gasteiger charge is -2.15. The van der Waals surface area contributed by atoms with Gasteiger partial charge in [0.15, 0.2) is 0 Å². The van der Waals surface area contributed by atoms with Gasteiger partial charge in [0.2, 0.25) is 0 Å². The van der Waals surface area contributed by atoms with Gasteiger partial charge in [0.25, 0.3) is 5.91 Å². The lowest BCUT2D eigenvalue weighted by molar-refractivity contribution is 0.0780. The van der Waals surface area contributed by atoms with Crippen molar-refractivity contribution in [2.75, 3.05) is 13.7 Å². The van der Waals surface area contributed by atoms with Gasteiger partial charge in [-0.2, -0.15) is 0 Å². The Morgan fingerprint density at radius 2 is 1.83 bits per heavy atom. The van der Waals surface area contributed by atoms with Gasteiger partial charge in [-0.3, -0.25) is 9.78 Å². The molecule has 4 aromatic rings. The van der Waals surface area contributed by atoms with E-state index in [1.54, 1.807) is 7.11 Å². The second kappa shape index (κ2) is 7.64. The summed E-state index contributed by atoms with van der Waals surface area (Å²) in [5.74, 6) is 0.874. The smallest absolute Gasteiger partial charge is 0.255 e. The van der Waals surface area contributed by atoms with Gasteiger partial charge in [0, 0.05) is 30.6 Å². The highest BCUT2D eigenvalue weighted by atomic mass is 16.5. The highest BCUT2D eigenvalue weighted by Gasteiger charge is 2.29. The van der Waals surface area contributed by atoms with E-state index in [1.807, 2.05) is 65.6 Å². The number of fused-ring (bicyclic) bond motifs is 2. The Labute approximate surface area is 175 Å². The van der Waals surface area contributed by atoms with Crippen molar-refractivity contribution in [2.45, 2.75) is 13.0 Å². The molecule has 0 saturated carbocycles. The number of amides is 1. The van der Waals surface area contributed by atoms with Crippen molar-refractivity contribution >= 4 is 16.8 Å². The first-order chi connectivity index (χ1) is 14.7. The number of carbonyl (C=O) groups is 1. The Hall–Kier alpha value is -3.66. The molecule has 4 nitrogen and oxygen atoms in total. The van der Waals surface area contributed by atoms with E-state index in [2.05, 4.69) is 18.2 Å². The van der Waals surface area contributed by atoms with Crippen LogP contribution in [0, 0.1) is 0 Å². The van der Waals surface area contributed by atoms with Crippen LogP contribution in [0.5, 0.6) is 5.75 Å². The molecule has 0 saturated heterocycles. The fraction of sp³-hybridized carbons (Fsp3) is 0.154. The summed E-state index contributed by atoms with van der Waals surface area (Å²) in [6.07, 6.45) is 0.735. The minimum absolute atomic E-state index is 0.0872. The lowest BCUT2D eigenvalue weighted by atomic mass is 9.96. The number of pyridine rings is 1. The summed E-state index contributed by atoms with van der Waals surface area (Å²) in [6.45, 7) is 1.29. The summed E-state index contributed by atoms with van der Waals surface area (Å²) < 4.78 is 5.36. The van der Waals surface area contributed by atoms with Gasteiger partial charge in [0.05, 0.1) is 18.2 Å². The van der Waals surface area contributed by atoms with Crippen molar-refractivity contribution in [3.63, 3.8) is 0 Å². The van der Waals surface area contributed by atoms with Crippen LogP contribution in [0.3, 0.4) is 0 Å². The average molecular weight is 394 g/mol. The van der Waals surface area contributed by atoms with Crippen LogP contribution in [0.1, 0.15) is 21.6 Å². The van der Waals surface area contributed by atoms with E-state index in [9.17, 15) is 4.79 Å². The highest BCUT2D eigenvalue weighted by Crippen LogP contribution is 2.34. The fourth-order valence-corrected chi connectivity index (χ4v) is 4.13. The van der Waals surface area contributed by atoms with Crippen LogP contribution in [0.2, 0.25) is 0 Å². The molecule has 1 aliphatic rings. The highest BCUT2D eigenvalue weighted by molar-refractivity contribution is 6.04. The number of methoxy groups -OCH3 is 1. The molecule has 30 heavy (non-hydrogen) atoms. The molecule has 3 aromatic carbocycles. The minimum atomic E-state index is 0.0872. The van der Waals surface area contributed by atoms with Gasteiger partial charge in [-0.05, 0) is 41.0 Å². The van der Waals surface area contributed by atoms with E-state index in [0.29, 0.717) is 13.1 Å². The number of hydrogen-bond donors (Lipinski definition) is 0.